The number of carbonyl (C=O) groups is 1. The van der Waals surface area contributed by atoms with E-state index < -0.39 is 20.7 Å². The number of hydrogen-bond acceptors (Lipinski definition) is 3. The first kappa shape index (κ1) is 16.2. The molecule has 0 N–H and O–H groups in total. The molecule has 108 valence electrons. The lowest BCUT2D eigenvalue weighted by Crippen LogP contribution is -2.16. The molecule has 0 bridgehead atoms. The van der Waals surface area contributed by atoms with Crippen LogP contribution in [0.2, 0.25) is 19.6 Å². The number of alkyl halides is 2. The van der Waals surface area contributed by atoms with E-state index in [0.717, 1.165) is 0 Å². The number of ether oxygens (including phenoxy) is 2. The zero-order chi connectivity index (χ0) is 15.3. The van der Waals surface area contributed by atoms with Gasteiger partial charge in [0.05, 0.1) is 18.2 Å². The normalized spacial score (nSPS) is 10.8. The highest BCUT2D eigenvalue weighted by Gasteiger charge is 2.14. The van der Waals surface area contributed by atoms with E-state index >= 15 is 0 Å². The molecule has 0 saturated heterocycles. The quantitative estimate of drug-likeness (QED) is 0.488. The minimum atomic E-state index is -2.94. The van der Waals surface area contributed by atoms with E-state index in [9.17, 15) is 13.6 Å². The molecule has 0 aliphatic heterocycles. The van der Waals surface area contributed by atoms with Gasteiger partial charge >= 0.3 is 12.6 Å². The van der Waals surface area contributed by atoms with E-state index in [-0.39, 0.29) is 16.9 Å². The summed E-state index contributed by atoms with van der Waals surface area (Å²) in [7, 11) is -0.427. The Labute approximate surface area is 117 Å². The third-order valence-corrected chi connectivity index (χ3v) is 3.06. The van der Waals surface area contributed by atoms with Gasteiger partial charge in [-0.15, -0.1) is 5.54 Å². The molecule has 0 fully saturated rings. The molecule has 0 radical (unpaired) electrons. The van der Waals surface area contributed by atoms with Crippen LogP contribution in [-0.2, 0) is 4.74 Å². The Hall–Kier alpha value is -1.87. The number of rotatable bonds is 3. The van der Waals surface area contributed by atoms with Crippen molar-refractivity contribution in [3.63, 3.8) is 0 Å². The molecular formula is C14H16F2O3Si. The largest absolute Gasteiger partial charge is 0.465 e. The summed E-state index contributed by atoms with van der Waals surface area (Å²) in [5.41, 5.74) is 3.55. The van der Waals surface area contributed by atoms with Gasteiger partial charge in [0.2, 0.25) is 0 Å². The van der Waals surface area contributed by atoms with Gasteiger partial charge in [-0.1, -0.05) is 25.6 Å². The second-order valence-corrected chi connectivity index (χ2v) is 9.83. The maximum atomic E-state index is 12.3. The standard InChI is InChI=1S/C14H16F2O3Si/c1-18-13(17)11-5-6-12(19-14(15)16)10(9-11)7-8-20(2,3)4/h5-6,9,14H,1-4H3. The van der Waals surface area contributed by atoms with Crippen LogP contribution in [0, 0.1) is 11.5 Å². The Bertz CT molecular complexity index is 554. The molecule has 6 heteroatoms. The number of hydrogen-bond donors (Lipinski definition) is 0. The fraction of sp³-hybridized carbons (Fsp3) is 0.357. The van der Waals surface area contributed by atoms with Crippen molar-refractivity contribution in [1.29, 1.82) is 0 Å². The second kappa shape index (κ2) is 6.53. The molecule has 3 nitrogen and oxygen atoms in total. The monoisotopic (exact) mass is 298 g/mol. The van der Waals surface area contributed by atoms with Crippen LogP contribution < -0.4 is 4.74 Å². The number of esters is 1. The van der Waals surface area contributed by atoms with Gasteiger partial charge in [-0.2, -0.15) is 8.78 Å². The number of carbonyl (C=O) groups excluding carboxylic acids is 1. The average molecular weight is 298 g/mol. The zero-order valence-corrected chi connectivity index (χ0v) is 12.8. The molecule has 0 spiro atoms. The SMILES string of the molecule is COC(=O)c1ccc(OC(F)F)c(C#C[Si](C)(C)C)c1. The van der Waals surface area contributed by atoms with Crippen molar-refractivity contribution >= 4 is 14.0 Å². The van der Waals surface area contributed by atoms with Crippen LogP contribution in [0.15, 0.2) is 18.2 Å². The van der Waals surface area contributed by atoms with Gasteiger partial charge in [-0.05, 0) is 18.2 Å². The Morgan fingerprint density at radius 3 is 2.45 bits per heavy atom. The molecule has 20 heavy (non-hydrogen) atoms. The Morgan fingerprint density at radius 1 is 1.30 bits per heavy atom. The summed E-state index contributed by atoms with van der Waals surface area (Å²) in [6.45, 7) is 3.14. The Morgan fingerprint density at radius 2 is 1.95 bits per heavy atom. The van der Waals surface area contributed by atoms with Crippen LogP contribution in [0.5, 0.6) is 5.75 Å². The van der Waals surface area contributed by atoms with Gasteiger partial charge < -0.3 is 9.47 Å². The topological polar surface area (TPSA) is 35.5 Å². The predicted molar refractivity (Wildman–Crippen MR) is 74.6 cm³/mol. The molecule has 0 aromatic heterocycles. The highest BCUT2D eigenvalue weighted by molar-refractivity contribution is 6.83. The van der Waals surface area contributed by atoms with Crippen molar-refractivity contribution in [1.82, 2.24) is 0 Å². The summed E-state index contributed by atoms with van der Waals surface area (Å²) in [4.78, 5) is 11.4. The van der Waals surface area contributed by atoms with Crippen molar-refractivity contribution < 1.29 is 23.0 Å². The first-order chi connectivity index (χ1) is 9.23. The lowest BCUT2D eigenvalue weighted by Gasteiger charge is -2.09. The summed E-state index contributed by atoms with van der Waals surface area (Å²) in [5.74, 6) is 2.23. The van der Waals surface area contributed by atoms with E-state index in [4.69, 9.17) is 0 Å². The zero-order valence-electron chi connectivity index (χ0n) is 11.8. The highest BCUT2D eigenvalue weighted by Crippen LogP contribution is 2.22. The molecule has 0 amide bonds. The molecule has 1 aromatic rings. The van der Waals surface area contributed by atoms with Crippen LogP contribution in [0.25, 0.3) is 0 Å². The number of methoxy groups -OCH3 is 1. The van der Waals surface area contributed by atoms with E-state index in [1.165, 1.54) is 25.3 Å². The first-order valence-electron chi connectivity index (χ1n) is 5.93. The van der Waals surface area contributed by atoms with Crippen LogP contribution in [-0.4, -0.2) is 27.8 Å². The molecule has 1 aromatic carbocycles. The van der Waals surface area contributed by atoms with Gasteiger partial charge in [0.15, 0.2) is 0 Å². The minimum absolute atomic E-state index is 0.0431. The number of benzene rings is 1. The molecule has 0 atom stereocenters. The van der Waals surface area contributed by atoms with Gasteiger partial charge in [0.25, 0.3) is 0 Å². The van der Waals surface area contributed by atoms with Crippen LogP contribution in [0.4, 0.5) is 8.78 Å². The van der Waals surface area contributed by atoms with Crippen molar-refractivity contribution in [2.45, 2.75) is 26.3 Å². The third kappa shape index (κ3) is 5.01. The Kier molecular flexibility index (Phi) is 5.28. The smallest absolute Gasteiger partial charge is 0.387 e. The first-order valence-corrected chi connectivity index (χ1v) is 9.43. The third-order valence-electron chi connectivity index (χ3n) is 2.19. The maximum Gasteiger partial charge on any atom is 0.387 e. The molecule has 0 saturated carbocycles. The summed E-state index contributed by atoms with van der Waals surface area (Å²) in [5, 5.41) is 0. The summed E-state index contributed by atoms with van der Waals surface area (Å²) in [6, 6.07) is 4.06. The lowest BCUT2D eigenvalue weighted by atomic mass is 10.1. The molecular weight excluding hydrogens is 282 g/mol. The molecule has 0 heterocycles. The molecule has 0 aliphatic carbocycles. The van der Waals surface area contributed by atoms with E-state index in [1.54, 1.807) is 0 Å². The van der Waals surface area contributed by atoms with Gasteiger partial charge in [-0.3, -0.25) is 0 Å². The lowest BCUT2D eigenvalue weighted by molar-refractivity contribution is -0.0500. The van der Waals surface area contributed by atoms with Crippen molar-refractivity contribution in [2.24, 2.45) is 0 Å². The van der Waals surface area contributed by atoms with Crippen LogP contribution in [0.1, 0.15) is 15.9 Å². The van der Waals surface area contributed by atoms with Crippen LogP contribution >= 0.6 is 0 Å². The summed E-state index contributed by atoms with van der Waals surface area (Å²) in [6.07, 6.45) is 0. The van der Waals surface area contributed by atoms with E-state index in [2.05, 4.69) is 20.9 Å². The number of halogens is 2. The molecule has 1 rings (SSSR count). The van der Waals surface area contributed by atoms with Gasteiger partial charge in [0, 0.05) is 0 Å². The van der Waals surface area contributed by atoms with E-state index in [0.29, 0.717) is 0 Å². The summed E-state index contributed by atoms with van der Waals surface area (Å²) >= 11 is 0. The molecule has 0 unspecified atom stereocenters. The van der Waals surface area contributed by atoms with Gasteiger partial charge in [-0.25, -0.2) is 4.79 Å². The predicted octanol–water partition coefficient (Wildman–Crippen LogP) is 3.30. The fourth-order valence-electron chi connectivity index (χ4n) is 1.33. The van der Waals surface area contributed by atoms with Crippen molar-refractivity contribution in [2.75, 3.05) is 7.11 Å². The maximum absolute atomic E-state index is 12.3. The van der Waals surface area contributed by atoms with Crippen molar-refractivity contribution in [3.05, 3.63) is 29.3 Å². The minimum Gasteiger partial charge on any atom is -0.465 e. The fourth-order valence-corrected chi connectivity index (χ4v) is 1.84. The van der Waals surface area contributed by atoms with E-state index in [1.807, 2.05) is 19.6 Å². The van der Waals surface area contributed by atoms with Crippen molar-refractivity contribution in [3.8, 4) is 17.2 Å². The average Bonchev–Trinajstić information content (AvgIpc) is 2.35. The summed E-state index contributed by atoms with van der Waals surface area (Å²) < 4.78 is 33.7. The van der Waals surface area contributed by atoms with Crippen LogP contribution in [0.3, 0.4) is 0 Å². The second-order valence-electron chi connectivity index (χ2n) is 5.08. The highest BCUT2D eigenvalue weighted by atomic mass is 28.3. The Balaban J connectivity index is 3.25. The molecule has 0 aliphatic rings. The van der Waals surface area contributed by atoms with Gasteiger partial charge in [0.1, 0.15) is 13.8 Å².